The number of anilines is 2. The van der Waals surface area contributed by atoms with Crippen LogP contribution in [-0.2, 0) is 0 Å². The summed E-state index contributed by atoms with van der Waals surface area (Å²) in [4.78, 5) is 20.5. The highest BCUT2D eigenvalue weighted by Crippen LogP contribution is 2.18. The summed E-state index contributed by atoms with van der Waals surface area (Å²) in [7, 11) is 0. The first kappa shape index (κ1) is 13.7. The Morgan fingerprint density at radius 1 is 1.27 bits per heavy atom. The number of carbonyl (C=O) groups excluding carboxylic acids is 1. The fourth-order valence-electron chi connectivity index (χ4n) is 1.91. The number of nitrogen functional groups attached to an aromatic ring is 1. The van der Waals surface area contributed by atoms with Crippen LogP contribution in [0.25, 0.3) is 11.4 Å². The van der Waals surface area contributed by atoms with Crippen LogP contribution in [0.5, 0.6) is 0 Å². The van der Waals surface area contributed by atoms with E-state index in [1.807, 2.05) is 30.3 Å². The van der Waals surface area contributed by atoms with Crippen molar-refractivity contribution in [1.29, 1.82) is 0 Å². The molecule has 0 aliphatic heterocycles. The van der Waals surface area contributed by atoms with Crippen molar-refractivity contribution < 1.29 is 9.32 Å². The molecule has 1 amide bonds. The molecule has 0 aliphatic rings. The number of carbonyl (C=O) groups is 1. The van der Waals surface area contributed by atoms with Gasteiger partial charge >= 0.3 is 0 Å². The summed E-state index contributed by atoms with van der Waals surface area (Å²) in [6.45, 7) is 1.73. The third kappa shape index (κ3) is 2.78. The van der Waals surface area contributed by atoms with Gasteiger partial charge in [-0.05, 0) is 6.92 Å². The van der Waals surface area contributed by atoms with Gasteiger partial charge in [-0.25, -0.2) is 9.97 Å². The molecule has 0 saturated heterocycles. The molecule has 0 atom stereocenters. The molecule has 3 N–H and O–H groups in total. The smallest absolute Gasteiger partial charge is 0.262 e. The van der Waals surface area contributed by atoms with Crippen molar-refractivity contribution in [3.8, 4) is 11.4 Å². The first-order valence-corrected chi connectivity index (χ1v) is 6.56. The van der Waals surface area contributed by atoms with Crippen LogP contribution in [0.1, 0.15) is 16.1 Å². The Morgan fingerprint density at radius 2 is 2.05 bits per heavy atom. The molecule has 0 spiro atoms. The first-order chi connectivity index (χ1) is 10.6. The molecule has 2 heterocycles. The number of hydrogen-bond donors (Lipinski definition) is 2. The lowest BCUT2D eigenvalue weighted by molar-refractivity contribution is 0.102. The van der Waals surface area contributed by atoms with Crippen molar-refractivity contribution >= 4 is 17.5 Å². The minimum Gasteiger partial charge on any atom is -0.383 e. The van der Waals surface area contributed by atoms with Gasteiger partial charge < -0.3 is 15.6 Å². The van der Waals surface area contributed by atoms with Gasteiger partial charge in [0.1, 0.15) is 17.1 Å². The number of amides is 1. The maximum Gasteiger partial charge on any atom is 0.262 e. The second kappa shape index (κ2) is 5.65. The summed E-state index contributed by atoms with van der Waals surface area (Å²) in [5.74, 6) is 1.04. The van der Waals surface area contributed by atoms with E-state index in [-0.39, 0.29) is 11.4 Å². The highest BCUT2D eigenvalue weighted by Gasteiger charge is 2.15. The second-order valence-corrected chi connectivity index (χ2v) is 4.64. The van der Waals surface area contributed by atoms with E-state index in [1.165, 1.54) is 6.20 Å². The van der Waals surface area contributed by atoms with Gasteiger partial charge in [0.25, 0.3) is 5.91 Å². The van der Waals surface area contributed by atoms with Crippen molar-refractivity contribution in [2.45, 2.75) is 6.92 Å². The number of nitrogens with zero attached hydrogens (tertiary/aromatic N) is 3. The van der Waals surface area contributed by atoms with Crippen LogP contribution >= 0.6 is 0 Å². The van der Waals surface area contributed by atoms with E-state index in [2.05, 4.69) is 20.4 Å². The minimum absolute atomic E-state index is 0.103. The van der Waals surface area contributed by atoms with Gasteiger partial charge in [-0.3, -0.25) is 4.79 Å². The van der Waals surface area contributed by atoms with Gasteiger partial charge in [-0.15, -0.1) is 0 Å². The molecule has 110 valence electrons. The molecule has 0 fully saturated rings. The quantitative estimate of drug-likeness (QED) is 0.767. The average Bonchev–Trinajstić information content (AvgIpc) is 2.93. The van der Waals surface area contributed by atoms with Crippen molar-refractivity contribution in [2.24, 2.45) is 0 Å². The van der Waals surface area contributed by atoms with Crippen LogP contribution in [0.2, 0.25) is 0 Å². The normalized spacial score (nSPS) is 10.4. The zero-order chi connectivity index (χ0) is 15.5. The summed E-state index contributed by atoms with van der Waals surface area (Å²) in [6, 6.07) is 11.0. The first-order valence-electron chi connectivity index (χ1n) is 6.56. The molecular formula is C15H13N5O2. The summed E-state index contributed by atoms with van der Waals surface area (Å²) in [5.41, 5.74) is 6.87. The third-order valence-electron chi connectivity index (χ3n) is 2.96. The van der Waals surface area contributed by atoms with Crippen molar-refractivity contribution in [1.82, 2.24) is 15.1 Å². The van der Waals surface area contributed by atoms with Crippen LogP contribution < -0.4 is 11.1 Å². The van der Waals surface area contributed by atoms with E-state index in [0.717, 1.165) is 5.56 Å². The van der Waals surface area contributed by atoms with Gasteiger partial charge in [-0.1, -0.05) is 35.5 Å². The molecule has 0 bridgehead atoms. The van der Waals surface area contributed by atoms with E-state index in [0.29, 0.717) is 17.4 Å². The van der Waals surface area contributed by atoms with E-state index < -0.39 is 5.91 Å². The van der Waals surface area contributed by atoms with Crippen molar-refractivity contribution in [3.05, 3.63) is 53.9 Å². The summed E-state index contributed by atoms with van der Waals surface area (Å²) in [6.07, 6.45) is 1.40. The minimum atomic E-state index is -0.439. The number of benzene rings is 1. The topological polar surface area (TPSA) is 107 Å². The van der Waals surface area contributed by atoms with E-state index in [1.54, 1.807) is 13.0 Å². The van der Waals surface area contributed by atoms with Gasteiger partial charge in [0.2, 0.25) is 0 Å². The Morgan fingerprint density at radius 3 is 2.68 bits per heavy atom. The van der Waals surface area contributed by atoms with Crippen LogP contribution in [0.3, 0.4) is 0 Å². The number of hydrogen-bond acceptors (Lipinski definition) is 6. The maximum absolute atomic E-state index is 12.1. The third-order valence-corrected chi connectivity index (χ3v) is 2.96. The number of aryl methyl sites for hydroxylation is 1. The zero-order valence-corrected chi connectivity index (χ0v) is 11.8. The fourth-order valence-corrected chi connectivity index (χ4v) is 1.91. The number of nitrogens with two attached hydrogens (primary N) is 1. The van der Waals surface area contributed by atoms with Crippen LogP contribution in [0, 0.1) is 6.92 Å². The standard InChI is InChI=1S/C15H13N5O2/c1-9-7-12(20-22-9)18-15(21)11-8-17-14(19-13(11)16)10-5-3-2-4-6-10/h2-8H,1H3,(H2,16,17,19)(H,18,20,21). The molecular weight excluding hydrogens is 282 g/mol. The predicted molar refractivity (Wildman–Crippen MR) is 81.1 cm³/mol. The van der Waals surface area contributed by atoms with Crippen LogP contribution in [0.4, 0.5) is 11.6 Å². The summed E-state index contributed by atoms with van der Waals surface area (Å²) in [5, 5.41) is 6.26. The molecule has 3 aromatic rings. The van der Waals surface area contributed by atoms with Gasteiger partial charge in [-0.2, -0.15) is 0 Å². The van der Waals surface area contributed by atoms with E-state index >= 15 is 0 Å². The lowest BCUT2D eigenvalue weighted by atomic mass is 10.2. The molecule has 3 rings (SSSR count). The second-order valence-electron chi connectivity index (χ2n) is 4.64. The highest BCUT2D eigenvalue weighted by molar-refractivity contribution is 6.06. The van der Waals surface area contributed by atoms with Gasteiger partial charge in [0.15, 0.2) is 11.6 Å². The Hall–Kier alpha value is -3.22. The molecule has 0 aliphatic carbocycles. The van der Waals surface area contributed by atoms with E-state index in [4.69, 9.17) is 10.3 Å². The van der Waals surface area contributed by atoms with Gasteiger partial charge in [0, 0.05) is 17.8 Å². The number of nitrogens with one attached hydrogen (secondary N) is 1. The number of aromatic nitrogens is 3. The van der Waals surface area contributed by atoms with E-state index in [9.17, 15) is 4.79 Å². The largest absolute Gasteiger partial charge is 0.383 e. The molecule has 22 heavy (non-hydrogen) atoms. The predicted octanol–water partition coefficient (Wildman–Crippen LogP) is 2.27. The lowest BCUT2D eigenvalue weighted by Crippen LogP contribution is -2.16. The molecule has 0 saturated carbocycles. The van der Waals surface area contributed by atoms with Crippen molar-refractivity contribution in [3.63, 3.8) is 0 Å². The fraction of sp³-hybridized carbons (Fsp3) is 0.0667. The molecule has 2 aromatic heterocycles. The Bertz CT molecular complexity index is 814. The Kier molecular flexibility index (Phi) is 3.53. The van der Waals surface area contributed by atoms with Gasteiger partial charge in [0.05, 0.1) is 0 Å². The molecule has 7 heteroatoms. The lowest BCUT2D eigenvalue weighted by Gasteiger charge is -2.06. The monoisotopic (exact) mass is 295 g/mol. The average molecular weight is 295 g/mol. The number of rotatable bonds is 3. The highest BCUT2D eigenvalue weighted by atomic mass is 16.5. The Labute approximate surface area is 126 Å². The zero-order valence-electron chi connectivity index (χ0n) is 11.8. The molecule has 1 aromatic carbocycles. The SMILES string of the molecule is Cc1cc(NC(=O)c2cnc(-c3ccccc3)nc2N)no1. The maximum atomic E-state index is 12.1. The summed E-state index contributed by atoms with van der Waals surface area (Å²) < 4.78 is 4.88. The van der Waals surface area contributed by atoms with Crippen LogP contribution in [-0.4, -0.2) is 21.0 Å². The summed E-state index contributed by atoms with van der Waals surface area (Å²) >= 11 is 0. The molecule has 0 radical (unpaired) electrons. The van der Waals surface area contributed by atoms with Crippen molar-refractivity contribution in [2.75, 3.05) is 11.1 Å². The Balaban J connectivity index is 1.84. The molecule has 7 nitrogen and oxygen atoms in total. The van der Waals surface area contributed by atoms with Crippen LogP contribution in [0.15, 0.2) is 47.1 Å². The molecule has 0 unspecified atom stereocenters.